The molecule has 0 spiro atoms. The Morgan fingerprint density at radius 2 is 1.96 bits per heavy atom. The number of rotatable bonds is 4. The highest BCUT2D eigenvalue weighted by atomic mass is 35.5. The smallest absolute Gasteiger partial charge is 0.328 e. The van der Waals surface area contributed by atoms with Crippen LogP contribution < -0.4 is 16.1 Å². The molecule has 1 N–H and O–H groups in total. The number of hydrogen-bond donors (Lipinski definition) is 1. The Bertz CT molecular complexity index is 1130. The molecule has 3 heterocycles. The van der Waals surface area contributed by atoms with Gasteiger partial charge in [-0.15, -0.1) is 0 Å². The second-order valence-electron chi connectivity index (χ2n) is 6.53. The lowest BCUT2D eigenvalue weighted by Crippen LogP contribution is -2.49. The number of nitrogens with zero attached hydrogens (tertiary/aromatic N) is 4. The number of aromatic amines is 1. The molecule has 10 heteroatoms. The van der Waals surface area contributed by atoms with Crippen molar-refractivity contribution in [2.75, 3.05) is 31.1 Å². The summed E-state index contributed by atoms with van der Waals surface area (Å²) in [5.41, 5.74) is -0.0175. The van der Waals surface area contributed by atoms with Gasteiger partial charge in [-0.1, -0.05) is 22.9 Å². The molecular formula is C18H18ClN5O3S. The first-order valence-electron chi connectivity index (χ1n) is 8.88. The lowest BCUT2D eigenvalue weighted by Gasteiger charge is -2.34. The number of carbonyl (C=O) groups is 1. The summed E-state index contributed by atoms with van der Waals surface area (Å²) in [4.78, 5) is 46.1. The van der Waals surface area contributed by atoms with Crippen LogP contribution in [0.2, 0.25) is 5.02 Å². The zero-order valence-electron chi connectivity index (χ0n) is 14.9. The van der Waals surface area contributed by atoms with E-state index in [9.17, 15) is 14.4 Å². The zero-order valence-corrected chi connectivity index (χ0v) is 16.5. The molecular weight excluding hydrogens is 402 g/mol. The number of aromatic nitrogens is 3. The Hall–Kier alpha value is -2.65. The number of fused-ring (bicyclic) bond motifs is 1. The first kappa shape index (κ1) is 18.7. The molecule has 0 aliphatic carbocycles. The number of nitrogens with one attached hydrogen (secondary N) is 1. The van der Waals surface area contributed by atoms with Crippen LogP contribution in [-0.4, -0.2) is 51.5 Å². The molecule has 0 bridgehead atoms. The van der Waals surface area contributed by atoms with Crippen molar-refractivity contribution in [1.82, 2.24) is 19.4 Å². The van der Waals surface area contributed by atoms with Crippen LogP contribution in [0, 0.1) is 0 Å². The van der Waals surface area contributed by atoms with Crippen molar-refractivity contribution in [3.8, 4) is 0 Å². The summed E-state index contributed by atoms with van der Waals surface area (Å²) in [6, 6.07) is 6.93. The van der Waals surface area contributed by atoms with E-state index < -0.39 is 11.2 Å². The van der Waals surface area contributed by atoms with Gasteiger partial charge in [-0.05, 0) is 18.2 Å². The zero-order chi connectivity index (χ0) is 19.7. The van der Waals surface area contributed by atoms with Crippen molar-refractivity contribution in [3.63, 3.8) is 0 Å². The largest absolute Gasteiger partial charge is 0.345 e. The number of halogens is 1. The molecule has 3 aromatic rings. The number of carbonyl (C=O) groups excluding carboxylic acids is 1. The average Bonchev–Trinajstić information content (AvgIpc) is 3.10. The molecule has 1 fully saturated rings. The van der Waals surface area contributed by atoms with E-state index in [1.807, 2.05) is 18.2 Å². The fourth-order valence-corrected chi connectivity index (χ4v) is 4.46. The second-order valence-corrected chi connectivity index (χ2v) is 7.98. The van der Waals surface area contributed by atoms with Crippen molar-refractivity contribution in [2.45, 2.75) is 13.0 Å². The van der Waals surface area contributed by atoms with Crippen molar-refractivity contribution in [2.24, 2.45) is 0 Å². The molecule has 146 valence electrons. The van der Waals surface area contributed by atoms with Gasteiger partial charge in [0.1, 0.15) is 0 Å². The second kappa shape index (κ2) is 7.76. The molecule has 0 radical (unpaired) electrons. The van der Waals surface area contributed by atoms with Gasteiger partial charge in [-0.3, -0.25) is 14.6 Å². The molecule has 0 saturated carbocycles. The van der Waals surface area contributed by atoms with E-state index in [2.05, 4.69) is 14.9 Å². The number of thiazole rings is 1. The quantitative estimate of drug-likeness (QED) is 0.692. The van der Waals surface area contributed by atoms with E-state index in [1.54, 1.807) is 16.2 Å². The number of H-pyrrole nitrogens is 1. The SMILES string of the molecule is O=C(CCn1ccc(=O)[nH]c1=O)N1CCN(c2nc3ccc(Cl)cc3s2)CC1. The Balaban J connectivity index is 1.34. The highest BCUT2D eigenvalue weighted by molar-refractivity contribution is 7.22. The van der Waals surface area contributed by atoms with Gasteiger partial charge >= 0.3 is 5.69 Å². The lowest BCUT2D eigenvalue weighted by molar-refractivity contribution is -0.131. The Kier molecular flexibility index (Phi) is 5.19. The normalized spacial score (nSPS) is 14.6. The first-order valence-corrected chi connectivity index (χ1v) is 10.1. The average molecular weight is 420 g/mol. The summed E-state index contributed by atoms with van der Waals surface area (Å²) in [6.07, 6.45) is 1.62. The standard InChI is InChI=1S/C18H18ClN5O3S/c19-12-1-2-13-14(11-12)28-18(20-13)24-9-7-22(8-10-24)16(26)4-6-23-5-3-15(25)21-17(23)27/h1-3,5,11H,4,6-10H2,(H,21,25,27). The lowest BCUT2D eigenvalue weighted by atomic mass is 10.3. The maximum absolute atomic E-state index is 12.5. The van der Waals surface area contributed by atoms with Crippen LogP contribution >= 0.6 is 22.9 Å². The molecule has 8 nitrogen and oxygen atoms in total. The van der Waals surface area contributed by atoms with E-state index in [0.717, 1.165) is 15.3 Å². The molecule has 2 aromatic heterocycles. The molecule has 0 atom stereocenters. The van der Waals surface area contributed by atoms with Gasteiger partial charge in [-0.25, -0.2) is 9.78 Å². The van der Waals surface area contributed by atoms with Crippen LogP contribution in [0.15, 0.2) is 40.1 Å². The number of anilines is 1. The predicted molar refractivity (Wildman–Crippen MR) is 109 cm³/mol. The number of aryl methyl sites for hydroxylation is 1. The van der Waals surface area contributed by atoms with Gasteiger partial charge in [0.25, 0.3) is 5.56 Å². The molecule has 1 saturated heterocycles. The third-order valence-corrected chi connectivity index (χ3v) is 6.02. The van der Waals surface area contributed by atoms with E-state index in [0.29, 0.717) is 31.2 Å². The maximum Gasteiger partial charge on any atom is 0.328 e. The predicted octanol–water partition coefficient (Wildman–Crippen LogP) is 1.54. The molecule has 28 heavy (non-hydrogen) atoms. The van der Waals surface area contributed by atoms with Gasteiger partial charge in [-0.2, -0.15) is 0 Å². The molecule has 1 amide bonds. The van der Waals surface area contributed by atoms with Gasteiger partial charge < -0.3 is 14.4 Å². The summed E-state index contributed by atoms with van der Waals surface area (Å²) >= 11 is 7.64. The topological polar surface area (TPSA) is 91.3 Å². The molecule has 1 aliphatic rings. The van der Waals surface area contributed by atoms with Gasteiger partial charge in [0.2, 0.25) is 5.91 Å². The van der Waals surface area contributed by atoms with Crippen LogP contribution in [0.1, 0.15) is 6.42 Å². The summed E-state index contributed by atoms with van der Waals surface area (Å²) < 4.78 is 2.38. The van der Waals surface area contributed by atoms with E-state index in [1.165, 1.54) is 16.8 Å². The maximum atomic E-state index is 12.5. The summed E-state index contributed by atoms with van der Waals surface area (Å²) in [7, 11) is 0. The number of piperazine rings is 1. The minimum absolute atomic E-state index is 0.00571. The third-order valence-electron chi connectivity index (χ3n) is 4.71. The molecule has 1 aromatic carbocycles. The van der Waals surface area contributed by atoms with Crippen molar-refractivity contribution < 1.29 is 4.79 Å². The Labute approximate surface area is 169 Å². The minimum Gasteiger partial charge on any atom is -0.345 e. The van der Waals surface area contributed by atoms with Gasteiger partial charge in [0, 0.05) is 56.4 Å². The highest BCUT2D eigenvalue weighted by Gasteiger charge is 2.23. The fourth-order valence-electron chi connectivity index (χ4n) is 3.16. The van der Waals surface area contributed by atoms with Gasteiger partial charge in [0.05, 0.1) is 10.2 Å². The summed E-state index contributed by atoms with van der Waals surface area (Å²) in [5, 5.41) is 1.63. The Morgan fingerprint density at radius 1 is 1.18 bits per heavy atom. The van der Waals surface area contributed by atoms with Crippen LogP contribution in [0.25, 0.3) is 10.2 Å². The molecule has 4 rings (SSSR count). The van der Waals surface area contributed by atoms with Gasteiger partial charge in [0.15, 0.2) is 5.13 Å². The van der Waals surface area contributed by atoms with Crippen molar-refractivity contribution in [1.29, 1.82) is 0 Å². The van der Waals surface area contributed by atoms with Crippen LogP contribution in [0.3, 0.4) is 0 Å². The number of hydrogen-bond acceptors (Lipinski definition) is 6. The first-order chi connectivity index (χ1) is 13.5. The van der Waals surface area contributed by atoms with Crippen LogP contribution in [-0.2, 0) is 11.3 Å². The molecule has 1 aliphatic heterocycles. The van der Waals surface area contributed by atoms with E-state index >= 15 is 0 Å². The Morgan fingerprint density at radius 3 is 2.71 bits per heavy atom. The van der Waals surface area contributed by atoms with Crippen LogP contribution in [0.5, 0.6) is 0 Å². The van der Waals surface area contributed by atoms with Crippen molar-refractivity contribution in [3.05, 3.63) is 56.3 Å². The monoisotopic (exact) mass is 419 g/mol. The van der Waals surface area contributed by atoms with E-state index in [4.69, 9.17) is 11.6 Å². The fraction of sp³-hybridized carbons (Fsp3) is 0.333. The van der Waals surface area contributed by atoms with Crippen molar-refractivity contribution >= 4 is 44.2 Å². The van der Waals surface area contributed by atoms with Crippen LogP contribution in [0.4, 0.5) is 5.13 Å². The number of benzene rings is 1. The highest BCUT2D eigenvalue weighted by Crippen LogP contribution is 2.31. The molecule has 0 unspecified atom stereocenters. The minimum atomic E-state index is -0.499. The summed E-state index contributed by atoms with van der Waals surface area (Å²) in [5.74, 6) is -0.00571. The summed E-state index contributed by atoms with van der Waals surface area (Å²) in [6.45, 7) is 2.87. The number of amides is 1. The third kappa shape index (κ3) is 3.95. The van der Waals surface area contributed by atoms with E-state index in [-0.39, 0.29) is 18.9 Å².